The molecule has 2 aromatic rings. The van der Waals surface area contributed by atoms with Gasteiger partial charge >= 0.3 is 0 Å². The number of hydrogen-bond acceptors (Lipinski definition) is 5. The van der Waals surface area contributed by atoms with Crippen LogP contribution in [0.5, 0.6) is 5.75 Å². The van der Waals surface area contributed by atoms with Gasteiger partial charge in [0.25, 0.3) is 0 Å². The van der Waals surface area contributed by atoms with Crippen molar-refractivity contribution in [3.63, 3.8) is 0 Å². The van der Waals surface area contributed by atoms with Gasteiger partial charge in [0.2, 0.25) is 21.8 Å². The van der Waals surface area contributed by atoms with Crippen LogP contribution in [-0.2, 0) is 26.2 Å². The molecule has 1 N–H and O–H groups in total. The first-order valence-corrected chi connectivity index (χ1v) is 13.6. The largest absolute Gasteiger partial charge is 0.497 e. The molecule has 8 nitrogen and oxygen atoms in total. The lowest BCUT2D eigenvalue weighted by Gasteiger charge is -2.33. The number of nitrogens with zero attached hydrogens (tertiary/aromatic N) is 2. The van der Waals surface area contributed by atoms with E-state index in [0.717, 1.165) is 33.7 Å². The molecular weight excluding hydrogens is 466 g/mol. The van der Waals surface area contributed by atoms with Crippen molar-refractivity contribution in [1.82, 2.24) is 10.2 Å². The van der Waals surface area contributed by atoms with Gasteiger partial charge in [-0.3, -0.25) is 13.9 Å². The van der Waals surface area contributed by atoms with Crippen molar-refractivity contribution in [3.8, 4) is 5.75 Å². The summed E-state index contributed by atoms with van der Waals surface area (Å²) in [5, 5.41) is 2.87. The molecule has 2 amide bonds. The van der Waals surface area contributed by atoms with Crippen LogP contribution in [0.1, 0.15) is 43.4 Å². The van der Waals surface area contributed by atoms with Crippen molar-refractivity contribution in [2.75, 3.05) is 30.8 Å². The Morgan fingerprint density at radius 1 is 1.09 bits per heavy atom. The number of sulfonamides is 1. The number of amides is 2. The zero-order valence-corrected chi connectivity index (χ0v) is 22.3. The van der Waals surface area contributed by atoms with Gasteiger partial charge < -0.3 is 15.0 Å². The molecule has 0 saturated heterocycles. The van der Waals surface area contributed by atoms with Gasteiger partial charge in [0, 0.05) is 13.1 Å². The van der Waals surface area contributed by atoms with Crippen LogP contribution in [0.2, 0.25) is 0 Å². The molecule has 2 rings (SSSR count). The van der Waals surface area contributed by atoms with E-state index in [0.29, 0.717) is 24.4 Å². The highest BCUT2D eigenvalue weighted by atomic mass is 32.2. The van der Waals surface area contributed by atoms with Crippen molar-refractivity contribution in [3.05, 3.63) is 59.2 Å². The number of aryl methyl sites for hydroxylation is 2. The topological polar surface area (TPSA) is 96.0 Å². The second-order valence-electron chi connectivity index (χ2n) is 8.65. The van der Waals surface area contributed by atoms with Gasteiger partial charge in [-0.1, -0.05) is 43.7 Å². The minimum absolute atomic E-state index is 0.137. The van der Waals surface area contributed by atoms with E-state index in [9.17, 15) is 18.0 Å². The molecule has 35 heavy (non-hydrogen) atoms. The first kappa shape index (κ1) is 28.2. The monoisotopic (exact) mass is 503 g/mol. The summed E-state index contributed by atoms with van der Waals surface area (Å²) < 4.78 is 31.9. The highest BCUT2D eigenvalue weighted by Gasteiger charge is 2.32. The number of carbonyl (C=O) groups excluding carboxylic acids is 2. The highest BCUT2D eigenvalue weighted by molar-refractivity contribution is 7.92. The lowest BCUT2D eigenvalue weighted by molar-refractivity contribution is -0.140. The molecule has 192 valence electrons. The van der Waals surface area contributed by atoms with Gasteiger partial charge in [0.1, 0.15) is 18.3 Å². The predicted octanol–water partition coefficient (Wildman–Crippen LogP) is 3.41. The third kappa shape index (κ3) is 7.71. The Morgan fingerprint density at radius 3 is 2.37 bits per heavy atom. The van der Waals surface area contributed by atoms with Crippen LogP contribution in [0.25, 0.3) is 0 Å². The molecule has 0 saturated carbocycles. The van der Waals surface area contributed by atoms with E-state index in [-0.39, 0.29) is 12.5 Å². The number of carbonyl (C=O) groups is 2. The summed E-state index contributed by atoms with van der Waals surface area (Å²) in [6, 6.07) is 11.9. The summed E-state index contributed by atoms with van der Waals surface area (Å²) in [7, 11) is -2.21. The van der Waals surface area contributed by atoms with Crippen molar-refractivity contribution in [1.29, 1.82) is 0 Å². The summed E-state index contributed by atoms with van der Waals surface area (Å²) >= 11 is 0. The highest BCUT2D eigenvalue weighted by Crippen LogP contribution is 2.25. The van der Waals surface area contributed by atoms with Crippen LogP contribution in [0.4, 0.5) is 5.69 Å². The maximum atomic E-state index is 13.7. The molecule has 1 atom stereocenters. The van der Waals surface area contributed by atoms with Crippen LogP contribution < -0.4 is 14.4 Å². The lowest BCUT2D eigenvalue weighted by Crippen LogP contribution is -2.52. The molecule has 0 aliphatic rings. The third-order valence-electron chi connectivity index (χ3n) is 5.72. The van der Waals surface area contributed by atoms with Crippen LogP contribution in [-0.4, -0.2) is 57.6 Å². The Morgan fingerprint density at radius 2 is 1.80 bits per heavy atom. The maximum Gasteiger partial charge on any atom is 0.244 e. The number of nitrogens with one attached hydrogen (secondary N) is 1. The van der Waals surface area contributed by atoms with Crippen LogP contribution in [0, 0.1) is 13.8 Å². The molecular formula is C26H37N3O5S. The molecule has 0 spiro atoms. The van der Waals surface area contributed by atoms with Gasteiger partial charge in [0.15, 0.2) is 0 Å². The summed E-state index contributed by atoms with van der Waals surface area (Å²) in [6.45, 7) is 7.74. The zero-order valence-electron chi connectivity index (χ0n) is 21.5. The van der Waals surface area contributed by atoms with Gasteiger partial charge in [-0.2, -0.15) is 0 Å². The van der Waals surface area contributed by atoms with E-state index in [4.69, 9.17) is 4.74 Å². The minimum atomic E-state index is -3.77. The van der Waals surface area contributed by atoms with E-state index >= 15 is 0 Å². The molecule has 0 bridgehead atoms. The zero-order chi connectivity index (χ0) is 26.2. The van der Waals surface area contributed by atoms with Crippen LogP contribution in [0.15, 0.2) is 42.5 Å². The first-order chi connectivity index (χ1) is 16.5. The van der Waals surface area contributed by atoms with Gasteiger partial charge in [-0.15, -0.1) is 0 Å². The van der Waals surface area contributed by atoms with Crippen LogP contribution in [0.3, 0.4) is 0 Å². The number of benzene rings is 2. The molecule has 2 aromatic carbocycles. The first-order valence-electron chi connectivity index (χ1n) is 11.8. The average Bonchev–Trinajstić information content (AvgIpc) is 2.80. The van der Waals surface area contributed by atoms with E-state index in [1.807, 2.05) is 52.0 Å². The lowest BCUT2D eigenvalue weighted by atomic mass is 10.1. The van der Waals surface area contributed by atoms with E-state index < -0.39 is 28.5 Å². The van der Waals surface area contributed by atoms with Gasteiger partial charge in [-0.05, 0) is 56.0 Å². The summed E-state index contributed by atoms with van der Waals surface area (Å²) in [5.74, 6) is -0.0915. The Labute approximate surface area is 209 Å². The average molecular weight is 504 g/mol. The molecule has 0 fully saturated rings. The molecule has 0 heterocycles. The van der Waals surface area contributed by atoms with Crippen molar-refractivity contribution in [2.24, 2.45) is 0 Å². The van der Waals surface area contributed by atoms with E-state index in [1.165, 1.54) is 4.90 Å². The van der Waals surface area contributed by atoms with E-state index in [2.05, 4.69) is 5.32 Å². The fourth-order valence-electron chi connectivity index (χ4n) is 3.93. The molecule has 0 aromatic heterocycles. The minimum Gasteiger partial charge on any atom is -0.497 e. The number of hydrogen-bond donors (Lipinski definition) is 1. The van der Waals surface area contributed by atoms with Crippen molar-refractivity contribution >= 4 is 27.5 Å². The quantitative estimate of drug-likeness (QED) is 0.479. The van der Waals surface area contributed by atoms with Crippen molar-refractivity contribution in [2.45, 2.75) is 53.1 Å². The van der Waals surface area contributed by atoms with Gasteiger partial charge in [0.05, 0.1) is 19.1 Å². The second-order valence-corrected chi connectivity index (χ2v) is 10.6. The maximum absolute atomic E-state index is 13.7. The summed E-state index contributed by atoms with van der Waals surface area (Å²) in [6.07, 6.45) is 2.23. The fourth-order valence-corrected chi connectivity index (χ4v) is 4.84. The second kappa shape index (κ2) is 12.6. The number of anilines is 1. The molecule has 0 radical (unpaired) electrons. The van der Waals surface area contributed by atoms with Crippen molar-refractivity contribution < 1.29 is 22.7 Å². The Hall–Kier alpha value is -3.07. The van der Waals surface area contributed by atoms with Crippen LogP contribution >= 0.6 is 0 Å². The normalized spacial score (nSPS) is 12.1. The molecule has 0 unspecified atom stereocenters. The fraction of sp³-hybridized carbons (Fsp3) is 0.462. The third-order valence-corrected chi connectivity index (χ3v) is 6.85. The Bertz CT molecular complexity index is 1130. The Balaban J connectivity index is 2.47. The SMILES string of the molecule is CCCNC(=O)[C@@H](CC)N(Cc1cccc(OC)c1)C(=O)CN(c1ccc(C)cc1C)S(C)(=O)=O. The Kier molecular flexibility index (Phi) is 10.1. The predicted molar refractivity (Wildman–Crippen MR) is 139 cm³/mol. The molecule has 0 aliphatic carbocycles. The summed E-state index contributed by atoms with van der Waals surface area (Å²) in [5.41, 5.74) is 2.95. The summed E-state index contributed by atoms with van der Waals surface area (Å²) in [4.78, 5) is 28.1. The van der Waals surface area contributed by atoms with Gasteiger partial charge in [-0.25, -0.2) is 8.42 Å². The number of rotatable bonds is 12. The number of methoxy groups -OCH3 is 1. The smallest absolute Gasteiger partial charge is 0.244 e. The standard InChI is InChI=1S/C26H37N3O5S/c1-7-14-27-26(31)23(8-2)28(17-21-10-9-11-22(16-21)34-5)25(30)18-29(35(6,32)33)24-13-12-19(3)15-20(24)4/h9-13,15-16,23H,7-8,14,17-18H2,1-6H3,(H,27,31)/t23-/m1/s1. The number of ether oxygens (including phenoxy) is 1. The molecule has 0 aliphatic heterocycles. The van der Waals surface area contributed by atoms with E-state index in [1.54, 1.807) is 25.3 Å². The molecule has 9 heteroatoms.